The zero-order chi connectivity index (χ0) is 15.5. The molecule has 2 aromatic heterocycles. The molecule has 0 spiro atoms. The van der Waals surface area contributed by atoms with E-state index in [9.17, 15) is 9.18 Å². The lowest BCUT2D eigenvalue weighted by atomic mass is 10.2. The molecule has 112 valence electrons. The van der Waals surface area contributed by atoms with Crippen molar-refractivity contribution in [3.63, 3.8) is 0 Å². The largest absolute Gasteiger partial charge is 0.336 e. The molecule has 0 saturated heterocycles. The zero-order valence-corrected chi connectivity index (χ0v) is 12.8. The molecule has 0 atom stereocenters. The van der Waals surface area contributed by atoms with Gasteiger partial charge in [-0.3, -0.25) is 9.36 Å². The summed E-state index contributed by atoms with van der Waals surface area (Å²) in [6.07, 6.45) is 3.08. The summed E-state index contributed by atoms with van der Waals surface area (Å²) >= 11 is 1.60. The van der Waals surface area contributed by atoms with Crippen molar-refractivity contribution in [3.8, 4) is 5.69 Å². The van der Waals surface area contributed by atoms with Crippen LogP contribution in [0.25, 0.3) is 5.69 Å². The first-order chi connectivity index (χ1) is 10.6. The van der Waals surface area contributed by atoms with E-state index in [0.29, 0.717) is 17.9 Å². The SMILES string of the molecule is CN(Cc1ccsc1)C(=O)c1cncn1-c1ccc(F)cc1. The molecular weight excluding hydrogens is 301 g/mol. The highest BCUT2D eigenvalue weighted by molar-refractivity contribution is 7.07. The summed E-state index contributed by atoms with van der Waals surface area (Å²) in [4.78, 5) is 18.3. The molecule has 6 heteroatoms. The van der Waals surface area contributed by atoms with Gasteiger partial charge < -0.3 is 4.90 Å². The van der Waals surface area contributed by atoms with Crippen molar-refractivity contribution in [3.05, 3.63) is 70.7 Å². The number of carbonyl (C=O) groups is 1. The van der Waals surface area contributed by atoms with Gasteiger partial charge >= 0.3 is 0 Å². The summed E-state index contributed by atoms with van der Waals surface area (Å²) in [5.41, 5.74) is 2.24. The maximum atomic E-state index is 13.0. The fourth-order valence-electron chi connectivity index (χ4n) is 2.18. The first kappa shape index (κ1) is 14.5. The molecule has 0 saturated carbocycles. The fraction of sp³-hybridized carbons (Fsp3) is 0.125. The minimum Gasteiger partial charge on any atom is -0.336 e. The monoisotopic (exact) mass is 315 g/mol. The molecular formula is C16H14FN3OS. The number of hydrogen-bond donors (Lipinski definition) is 0. The number of nitrogens with zero attached hydrogens (tertiary/aromatic N) is 3. The lowest BCUT2D eigenvalue weighted by molar-refractivity contribution is 0.0777. The molecule has 2 heterocycles. The molecule has 3 rings (SSSR count). The quantitative estimate of drug-likeness (QED) is 0.740. The molecule has 0 N–H and O–H groups in total. The van der Waals surface area contributed by atoms with Gasteiger partial charge in [0, 0.05) is 19.3 Å². The smallest absolute Gasteiger partial charge is 0.272 e. The lowest BCUT2D eigenvalue weighted by Gasteiger charge is -2.17. The predicted octanol–water partition coefficient (Wildman–Crippen LogP) is 3.35. The molecule has 4 nitrogen and oxygen atoms in total. The topological polar surface area (TPSA) is 38.1 Å². The van der Waals surface area contributed by atoms with E-state index in [1.165, 1.54) is 18.3 Å². The first-order valence-corrected chi connectivity index (χ1v) is 7.64. The van der Waals surface area contributed by atoms with Crippen LogP contribution in [-0.2, 0) is 6.54 Å². The van der Waals surface area contributed by atoms with Crippen LogP contribution in [0, 0.1) is 5.82 Å². The Morgan fingerprint density at radius 3 is 2.77 bits per heavy atom. The average Bonchev–Trinajstić information content (AvgIpc) is 3.18. The number of amides is 1. The van der Waals surface area contributed by atoms with Gasteiger partial charge in [0.25, 0.3) is 5.91 Å². The normalized spacial score (nSPS) is 10.6. The van der Waals surface area contributed by atoms with Crippen molar-refractivity contribution in [1.82, 2.24) is 14.5 Å². The number of thiophene rings is 1. The Bertz CT molecular complexity index is 765. The molecule has 0 aliphatic rings. The van der Waals surface area contributed by atoms with Crippen LogP contribution in [0.1, 0.15) is 16.1 Å². The zero-order valence-electron chi connectivity index (χ0n) is 11.9. The fourth-order valence-corrected chi connectivity index (χ4v) is 2.84. The Morgan fingerprint density at radius 1 is 1.32 bits per heavy atom. The number of carbonyl (C=O) groups excluding carboxylic acids is 1. The highest BCUT2D eigenvalue weighted by Gasteiger charge is 2.17. The summed E-state index contributed by atoms with van der Waals surface area (Å²) in [6, 6.07) is 7.95. The number of hydrogen-bond acceptors (Lipinski definition) is 3. The van der Waals surface area contributed by atoms with E-state index in [0.717, 1.165) is 5.56 Å². The Labute approximate surface area is 131 Å². The highest BCUT2D eigenvalue weighted by atomic mass is 32.1. The van der Waals surface area contributed by atoms with Crippen LogP contribution in [0.4, 0.5) is 4.39 Å². The van der Waals surface area contributed by atoms with E-state index in [2.05, 4.69) is 4.98 Å². The molecule has 0 unspecified atom stereocenters. The molecule has 3 aromatic rings. The second-order valence-electron chi connectivity index (χ2n) is 4.92. The van der Waals surface area contributed by atoms with Crippen LogP contribution < -0.4 is 0 Å². The van der Waals surface area contributed by atoms with Gasteiger partial charge in [0.2, 0.25) is 0 Å². The van der Waals surface area contributed by atoms with Crippen LogP contribution in [0.5, 0.6) is 0 Å². The minimum atomic E-state index is -0.314. The van der Waals surface area contributed by atoms with Crippen molar-refractivity contribution in [2.24, 2.45) is 0 Å². The van der Waals surface area contributed by atoms with E-state index >= 15 is 0 Å². The summed E-state index contributed by atoms with van der Waals surface area (Å²) in [6.45, 7) is 0.539. The second-order valence-corrected chi connectivity index (χ2v) is 5.70. The van der Waals surface area contributed by atoms with Gasteiger partial charge in [-0.2, -0.15) is 11.3 Å². The van der Waals surface area contributed by atoms with E-state index in [4.69, 9.17) is 0 Å². The number of benzene rings is 1. The van der Waals surface area contributed by atoms with Crippen molar-refractivity contribution in [2.75, 3.05) is 7.05 Å². The summed E-state index contributed by atoms with van der Waals surface area (Å²) in [5.74, 6) is -0.445. The second kappa shape index (κ2) is 6.11. The van der Waals surface area contributed by atoms with Crippen molar-refractivity contribution >= 4 is 17.2 Å². The third-order valence-corrected chi connectivity index (χ3v) is 4.04. The van der Waals surface area contributed by atoms with E-state index in [1.54, 1.807) is 46.3 Å². The molecule has 1 amide bonds. The van der Waals surface area contributed by atoms with E-state index < -0.39 is 0 Å². The van der Waals surface area contributed by atoms with Crippen LogP contribution in [0.2, 0.25) is 0 Å². The molecule has 0 bridgehead atoms. The Kier molecular flexibility index (Phi) is 4.02. The molecule has 22 heavy (non-hydrogen) atoms. The van der Waals surface area contributed by atoms with Crippen molar-refractivity contribution in [1.29, 1.82) is 0 Å². The van der Waals surface area contributed by atoms with Gasteiger partial charge in [0.1, 0.15) is 11.5 Å². The van der Waals surface area contributed by atoms with Gasteiger partial charge in [0.15, 0.2) is 0 Å². The van der Waals surface area contributed by atoms with Crippen molar-refractivity contribution < 1.29 is 9.18 Å². The van der Waals surface area contributed by atoms with Crippen LogP contribution in [-0.4, -0.2) is 27.4 Å². The van der Waals surface area contributed by atoms with Crippen LogP contribution >= 0.6 is 11.3 Å². The van der Waals surface area contributed by atoms with E-state index in [-0.39, 0.29) is 11.7 Å². The molecule has 0 aliphatic carbocycles. The third kappa shape index (κ3) is 2.92. The molecule has 0 radical (unpaired) electrons. The van der Waals surface area contributed by atoms with Gasteiger partial charge in [-0.15, -0.1) is 0 Å². The first-order valence-electron chi connectivity index (χ1n) is 6.70. The number of rotatable bonds is 4. The number of imidazole rings is 1. The minimum absolute atomic E-state index is 0.131. The molecule has 0 aliphatic heterocycles. The standard InChI is InChI=1S/C16H14FN3OS/c1-19(9-12-6-7-22-10-12)16(21)15-8-18-11-20(15)14-4-2-13(17)3-5-14/h2-8,10-11H,9H2,1H3. The maximum Gasteiger partial charge on any atom is 0.272 e. The predicted molar refractivity (Wildman–Crippen MR) is 83.6 cm³/mol. The van der Waals surface area contributed by atoms with Gasteiger partial charge in [-0.1, -0.05) is 0 Å². The van der Waals surface area contributed by atoms with Crippen LogP contribution in [0.15, 0.2) is 53.6 Å². The highest BCUT2D eigenvalue weighted by Crippen LogP contribution is 2.15. The molecule has 1 aromatic carbocycles. The average molecular weight is 315 g/mol. The number of halogens is 1. The summed E-state index contributed by atoms with van der Waals surface area (Å²) in [7, 11) is 1.75. The summed E-state index contributed by atoms with van der Waals surface area (Å²) < 4.78 is 14.7. The third-order valence-electron chi connectivity index (χ3n) is 3.31. The Morgan fingerprint density at radius 2 is 2.09 bits per heavy atom. The van der Waals surface area contributed by atoms with Gasteiger partial charge in [0.05, 0.1) is 12.5 Å². The van der Waals surface area contributed by atoms with Gasteiger partial charge in [-0.05, 0) is 46.7 Å². The van der Waals surface area contributed by atoms with Gasteiger partial charge in [-0.25, -0.2) is 9.37 Å². The maximum absolute atomic E-state index is 13.0. The lowest BCUT2D eigenvalue weighted by Crippen LogP contribution is -2.27. The van der Waals surface area contributed by atoms with Crippen LogP contribution in [0.3, 0.4) is 0 Å². The van der Waals surface area contributed by atoms with Crippen molar-refractivity contribution in [2.45, 2.75) is 6.54 Å². The van der Waals surface area contributed by atoms with E-state index in [1.807, 2.05) is 16.8 Å². The Hall–Kier alpha value is -2.47. The molecule has 0 fully saturated rings. The summed E-state index contributed by atoms with van der Waals surface area (Å²) in [5, 5.41) is 4.00. The number of aromatic nitrogens is 2. The Balaban J connectivity index is 1.84.